The SMILES string of the molecule is CCC(Cl)C(=O)Nc1ccc(-c2n[nH]c(=O)cc2C)cc1. The van der Waals surface area contributed by atoms with E-state index in [0.717, 1.165) is 11.1 Å². The number of carbonyl (C=O) groups excluding carboxylic acids is 1. The third kappa shape index (κ3) is 3.70. The van der Waals surface area contributed by atoms with E-state index in [2.05, 4.69) is 15.5 Å². The third-order valence-corrected chi connectivity index (χ3v) is 3.57. The van der Waals surface area contributed by atoms with Crippen LogP contribution in [0.3, 0.4) is 0 Å². The van der Waals surface area contributed by atoms with Gasteiger partial charge in [-0.25, -0.2) is 5.10 Å². The minimum absolute atomic E-state index is 0.217. The normalized spacial score (nSPS) is 12.0. The molecule has 0 radical (unpaired) electrons. The minimum Gasteiger partial charge on any atom is -0.325 e. The molecule has 21 heavy (non-hydrogen) atoms. The summed E-state index contributed by atoms with van der Waals surface area (Å²) in [5.41, 5.74) is 2.80. The van der Waals surface area contributed by atoms with Gasteiger partial charge in [-0.3, -0.25) is 9.59 Å². The molecule has 2 rings (SSSR count). The summed E-state index contributed by atoms with van der Waals surface area (Å²) in [6.07, 6.45) is 0.575. The highest BCUT2D eigenvalue weighted by molar-refractivity contribution is 6.32. The number of carbonyl (C=O) groups is 1. The van der Waals surface area contributed by atoms with Crippen molar-refractivity contribution in [2.24, 2.45) is 0 Å². The Hall–Kier alpha value is -2.14. The first-order chi connectivity index (χ1) is 10.0. The van der Waals surface area contributed by atoms with Crippen LogP contribution in [0.15, 0.2) is 35.1 Å². The number of aryl methyl sites for hydroxylation is 1. The average Bonchev–Trinajstić information content (AvgIpc) is 2.47. The molecule has 0 fully saturated rings. The van der Waals surface area contributed by atoms with Gasteiger partial charge in [-0.15, -0.1) is 11.6 Å². The maximum Gasteiger partial charge on any atom is 0.264 e. The number of hydrogen-bond acceptors (Lipinski definition) is 3. The quantitative estimate of drug-likeness (QED) is 0.853. The number of H-pyrrole nitrogens is 1. The van der Waals surface area contributed by atoms with Gasteiger partial charge in [-0.2, -0.15) is 5.10 Å². The molecule has 1 heterocycles. The maximum absolute atomic E-state index is 11.7. The Kier molecular flexibility index (Phi) is 4.75. The molecule has 1 atom stereocenters. The minimum atomic E-state index is -0.534. The van der Waals surface area contributed by atoms with Crippen molar-refractivity contribution >= 4 is 23.2 Å². The van der Waals surface area contributed by atoms with Crippen molar-refractivity contribution in [1.29, 1.82) is 0 Å². The second kappa shape index (κ2) is 6.54. The van der Waals surface area contributed by atoms with Gasteiger partial charge in [0.2, 0.25) is 5.91 Å². The van der Waals surface area contributed by atoms with Crippen LogP contribution in [0.5, 0.6) is 0 Å². The number of aromatic nitrogens is 2. The van der Waals surface area contributed by atoms with Gasteiger partial charge in [0.15, 0.2) is 0 Å². The van der Waals surface area contributed by atoms with Crippen LogP contribution < -0.4 is 10.9 Å². The number of alkyl halides is 1. The van der Waals surface area contributed by atoms with Crippen LogP contribution >= 0.6 is 11.6 Å². The van der Waals surface area contributed by atoms with E-state index in [1.807, 2.05) is 26.0 Å². The van der Waals surface area contributed by atoms with E-state index in [-0.39, 0.29) is 11.5 Å². The highest BCUT2D eigenvalue weighted by atomic mass is 35.5. The fourth-order valence-electron chi connectivity index (χ4n) is 1.91. The van der Waals surface area contributed by atoms with Crippen molar-refractivity contribution in [3.63, 3.8) is 0 Å². The summed E-state index contributed by atoms with van der Waals surface area (Å²) in [6, 6.07) is 8.71. The van der Waals surface area contributed by atoms with Gasteiger partial charge in [0.1, 0.15) is 5.38 Å². The molecule has 1 aromatic heterocycles. The third-order valence-electron chi connectivity index (χ3n) is 3.07. The predicted molar refractivity (Wildman–Crippen MR) is 83.6 cm³/mol. The average molecular weight is 306 g/mol. The lowest BCUT2D eigenvalue weighted by atomic mass is 10.1. The topological polar surface area (TPSA) is 74.8 Å². The first-order valence-corrected chi connectivity index (χ1v) is 7.06. The van der Waals surface area contributed by atoms with Crippen LogP contribution in [0.2, 0.25) is 0 Å². The second-order valence-corrected chi connectivity index (χ2v) is 5.23. The van der Waals surface area contributed by atoms with Gasteiger partial charge in [0.25, 0.3) is 5.56 Å². The summed E-state index contributed by atoms with van der Waals surface area (Å²) in [5, 5.41) is 8.66. The summed E-state index contributed by atoms with van der Waals surface area (Å²) in [7, 11) is 0. The number of hydrogen-bond donors (Lipinski definition) is 2. The van der Waals surface area contributed by atoms with Crippen LogP contribution in [0.4, 0.5) is 5.69 Å². The molecule has 6 heteroatoms. The number of anilines is 1. The van der Waals surface area contributed by atoms with Crippen LogP contribution in [0.25, 0.3) is 11.3 Å². The van der Waals surface area contributed by atoms with Gasteiger partial charge >= 0.3 is 0 Å². The molecule has 2 aromatic rings. The van der Waals surface area contributed by atoms with E-state index < -0.39 is 5.38 Å². The van der Waals surface area contributed by atoms with E-state index in [4.69, 9.17) is 11.6 Å². The van der Waals surface area contributed by atoms with Crippen molar-refractivity contribution in [1.82, 2.24) is 10.2 Å². The molecule has 1 amide bonds. The Morgan fingerprint density at radius 2 is 2.05 bits per heavy atom. The Bertz CT molecular complexity index is 695. The molecule has 5 nitrogen and oxygen atoms in total. The number of amides is 1. The van der Waals surface area contributed by atoms with Crippen LogP contribution in [0.1, 0.15) is 18.9 Å². The zero-order valence-corrected chi connectivity index (χ0v) is 12.6. The van der Waals surface area contributed by atoms with Gasteiger partial charge in [-0.1, -0.05) is 19.1 Å². The van der Waals surface area contributed by atoms with E-state index >= 15 is 0 Å². The molecular formula is C15H16ClN3O2. The molecule has 0 aliphatic rings. The van der Waals surface area contributed by atoms with Gasteiger partial charge < -0.3 is 5.32 Å². The van der Waals surface area contributed by atoms with Crippen LogP contribution in [0, 0.1) is 6.92 Å². The number of aromatic amines is 1. The Morgan fingerprint density at radius 1 is 1.38 bits per heavy atom. The number of benzene rings is 1. The van der Waals surface area contributed by atoms with Crippen molar-refractivity contribution < 1.29 is 4.79 Å². The monoisotopic (exact) mass is 305 g/mol. The first-order valence-electron chi connectivity index (χ1n) is 6.63. The summed E-state index contributed by atoms with van der Waals surface area (Å²) < 4.78 is 0. The van der Waals surface area contributed by atoms with E-state index in [1.54, 1.807) is 12.1 Å². The van der Waals surface area contributed by atoms with Crippen molar-refractivity contribution in [3.05, 3.63) is 46.2 Å². The molecule has 2 N–H and O–H groups in total. The molecule has 0 bridgehead atoms. The summed E-state index contributed by atoms with van der Waals surface area (Å²) in [5.74, 6) is -0.217. The summed E-state index contributed by atoms with van der Waals surface area (Å²) in [4.78, 5) is 22.9. The van der Waals surface area contributed by atoms with E-state index in [0.29, 0.717) is 17.8 Å². The number of rotatable bonds is 4. The molecule has 0 aliphatic heterocycles. The Morgan fingerprint density at radius 3 is 2.62 bits per heavy atom. The molecule has 0 saturated carbocycles. The van der Waals surface area contributed by atoms with Crippen molar-refractivity contribution in [3.8, 4) is 11.3 Å². The smallest absolute Gasteiger partial charge is 0.264 e. The second-order valence-electron chi connectivity index (χ2n) is 4.71. The number of nitrogens with zero attached hydrogens (tertiary/aromatic N) is 1. The number of halogens is 1. The van der Waals surface area contributed by atoms with Gasteiger partial charge in [-0.05, 0) is 31.0 Å². The fourth-order valence-corrected chi connectivity index (χ4v) is 1.96. The van der Waals surface area contributed by atoms with Crippen LogP contribution in [-0.2, 0) is 4.79 Å². The van der Waals surface area contributed by atoms with Crippen molar-refractivity contribution in [2.45, 2.75) is 25.6 Å². The molecule has 0 saturated heterocycles. The predicted octanol–water partition coefficient (Wildman–Crippen LogP) is 2.70. The van der Waals surface area contributed by atoms with Crippen LogP contribution in [-0.4, -0.2) is 21.5 Å². The zero-order chi connectivity index (χ0) is 15.4. The lowest BCUT2D eigenvalue weighted by Crippen LogP contribution is -2.22. The van der Waals surface area contributed by atoms with E-state index in [9.17, 15) is 9.59 Å². The molecule has 1 unspecified atom stereocenters. The number of nitrogens with one attached hydrogen (secondary N) is 2. The highest BCUT2D eigenvalue weighted by Crippen LogP contribution is 2.21. The molecule has 110 valence electrons. The van der Waals surface area contributed by atoms with Gasteiger partial charge in [0.05, 0.1) is 5.69 Å². The van der Waals surface area contributed by atoms with E-state index in [1.165, 1.54) is 6.07 Å². The zero-order valence-electron chi connectivity index (χ0n) is 11.8. The first kappa shape index (κ1) is 15.3. The van der Waals surface area contributed by atoms with Crippen molar-refractivity contribution in [2.75, 3.05) is 5.32 Å². The molecule has 0 spiro atoms. The summed E-state index contributed by atoms with van der Waals surface area (Å²) >= 11 is 5.87. The lowest BCUT2D eigenvalue weighted by Gasteiger charge is -2.09. The highest BCUT2D eigenvalue weighted by Gasteiger charge is 2.13. The fraction of sp³-hybridized carbons (Fsp3) is 0.267. The molecule has 0 aliphatic carbocycles. The Labute approximate surface area is 127 Å². The summed E-state index contributed by atoms with van der Waals surface area (Å²) in [6.45, 7) is 3.68. The molecule has 1 aromatic carbocycles. The maximum atomic E-state index is 11.7. The van der Waals surface area contributed by atoms with Gasteiger partial charge in [0, 0.05) is 17.3 Å². The Balaban J connectivity index is 2.19. The standard InChI is InChI=1S/C15H16ClN3O2/c1-3-12(16)15(21)17-11-6-4-10(5-7-11)14-9(2)8-13(20)18-19-14/h4-8,12H,3H2,1-2H3,(H,17,21)(H,18,20). The molecular weight excluding hydrogens is 290 g/mol. The lowest BCUT2D eigenvalue weighted by molar-refractivity contribution is -0.115. The largest absolute Gasteiger partial charge is 0.325 e.